The summed E-state index contributed by atoms with van der Waals surface area (Å²) in [6.45, 7) is 6.80. The van der Waals surface area contributed by atoms with Crippen molar-refractivity contribution in [1.82, 2.24) is 4.90 Å². The zero-order valence-corrected chi connectivity index (χ0v) is 12.4. The Hall–Kier alpha value is -0.570. The van der Waals surface area contributed by atoms with Gasteiger partial charge in [-0.3, -0.25) is 9.69 Å². The zero-order chi connectivity index (χ0) is 13.5. The fourth-order valence-electron chi connectivity index (χ4n) is 3.13. The predicted octanol–water partition coefficient (Wildman–Crippen LogP) is 3.23. The van der Waals surface area contributed by atoms with E-state index in [4.69, 9.17) is 4.74 Å². The first-order valence-corrected chi connectivity index (χ1v) is 7.50. The number of carbonyl (C=O) groups excluding carboxylic acids is 1. The van der Waals surface area contributed by atoms with Gasteiger partial charge in [-0.1, -0.05) is 33.1 Å². The van der Waals surface area contributed by atoms with Gasteiger partial charge in [-0.05, 0) is 39.2 Å². The maximum absolute atomic E-state index is 12.1. The van der Waals surface area contributed by atoms with Gasteiger partial charge in [0.1, 0.15) is 6.04 Å². The second-order valence-electron chi connectivity index (χ2n) is 5.55. The Morgan fingerprint density at radius 3 is 2.56 bits per heavy atom. The number of hydrogen-bond acceptors (Lipinski definition) is 3. The number of hydrogen-bond donors (Lipinski definition) is 0. The van der Waals surface area contributed by atoms with Crippen LogP contribution in [0.25, 0.3) is 0 Å². The first kappa shape index (κ1) is 15.5. The number of likely N-dealkylation sites (N-methyl/N-ethyl adjacent to an activating group) is 1. The Balaban J connectivity index is 2.67. The number of carbonyl (C=O) groups is 1. The minimum absolute atomic E-state index is 0.0420. The standard InChI is InChI=1S/C15H29NO2/c1-5-9-14(15(17)18-6-2)16(4)13-11-8-7-10-12(13)3/h12-14H,5-11H2,1-4H3. The fraction of sp³-hybridized carbons (Fsp3) is 0.933. The topological polar surface area (TPSA) is 29.5 Å². The normalized spacial score (nSPS) is 26.1. The smallest absolute Gasteiger partial charge is 0.323 e. The highest BCUT2D eigenvalue weighted by molar-refractivity contribution is 5.75. The molecule has 18 heavy (non-hydrogen) atoms. The summed E-state index contributed by atoms with van der Waals surface area (Å²) in [5, 5.41) is 0. The monoisotopic (exact) mass is 255 g/mol. The second kappa shape index (κ2) is 7.78. The number of nitrogens with zero attached hydrogens (tertiary/aromatic N) is 1. The van der Waals surface area contributed by atoms with E-state index in [0.29, 0.717) is 18.6 Å². The maximum Gasteiger partial charge on any atom is 0.323 e. The van der Waals surface area contributed by atoms with Crippen molar-refractivity contribution in [3.8, 4) is 0 Å². The maximum atomic E-state index is 12.1. The average Bonchev–Trinajstić information content (AvgIpc) is 2.36. The van der Waals surface area contributed by atoms with Gasteiger partial charge >= 0.3 is 5.97 Å². The Morgan fingerprint density at radius 2 is 2.00 bits per heavy atom. The molecule has 0 bridgehead atoms. The molecule has 3 nitrogen and oxygen atoms in total. The van der Waals surface area contributed by atoms with Crippen LogP contribution in [-0.2, 0) is 9.53 Å². The van der Waals surface area contributed by atoms with E-state index in [9.17, 15) is 4.79 Å². The molecule has 3 heteroatoms. The van der Waals surface area contributed by atoms with Crippen LogP contribution in [0.3, 0.4) is 0 Å². The van der Waals surface area contributed by atoms with E-state index in [0.717, 1.165) is 12.8 Å². The van der Waals surface area contributed by atoms with Crippen LogP contribution in [0.5, 0.6) is 0 Å². The molecule has 3 atom stereocenters. The van der Waals surface area contributed by atoms with E-state index in [2.05, 4.69) is 25.8 Å². The van der Waals surface area contributed by atoms with Crippen molar-refractivity contribution in [3.63, 3.8) is 0 Å². The molecule has 0 aliphatic heterocycles. The molecule has 1 saturated carbocycles. The van der Waals surface area contributed by atoms with Crippen LogP contribution in [0.15, 0.2) is 0 Å². The summed E-state index contributed by atoms with van der Waals surface area (Å²) >= 11 is 0. The first-order valence-electron chi connectivity index (χ1n) is 7.50. The van der Waals surface area contributed by atoms with Crippen LogP contribution in [0.1, 0.15) is 59.3 Å². The van der Waals surface area contributed by atoms with Gasteiger partial charge in [0.25, 0.3) is 0 Å². The molecule has 0 aromatic heterocycles. The van der Waals surface area contributed by atoms with Crippen molar-refractivity contribution < 1.29 is 9.53 Å². The van der Waals surface area contributed by atoms with Gasteiger partial charge in [-0.2, -0.15) is 0 Å². The Bertz CT molecular complexity index is 255. The van der Waals surface area contributed by atoms with Crippen LogP contribution in [0.2, 0.25) is 0 Å². The molecule has 1 rings (SSSR count). The largest absolute Gasteiger partial charge is 0.465 e. The summed E-state index contributed by atoms with van der Waals surface area (Å²) in [4.78, 5) is 14.3. The molecule has 1 aliphatic carbocycles. The highest BCUT2D eigenvalue weighted by atomic mass is 16.5. The second-order valence-corrected chi connectivity index (χ2v) is 5.55. The van der Waals surface area contributed by atoms with Crippen LogP contribution in [0.4, 0.5) is 0 Å². The minimum atomic E-state index is -0.0551. The summed E-state index contributed by atoms with van der Waals surface area (Å²) in [7, 11) is 2.10. The average molecular weight is 255 g/mol. The first-order chi connectivity index (χ1) is 8.61. The lowest BCUT2D eigenvalue weighted by atomic mass is 9.84. The van der Waals surface area contributed by atoms with Crippen molar-refractivity contribution in [2.24, 2.45) is 5.92 Å². The van der Waals surface area contributed by atoms with E-state index in [1.165, 1.54) is 25.7 Å². The molecule has 0 N–H and O–H groups in total. The van der Waals surface area contributed by atoms with Crippen LogP contribution in [-0.4, -0.2) is 36.6 Å². The molecule has 0 saturated heterocycles. The quantitative estimate of drug-likeness (QED) is 0.682. The van der Waals surface area contributed by atoms with Gasteiger partial charge in [-0.25, -0.2) is 0 Å². The van der Waals surface area contributed by atoms with Crippen molar-refractivity contribution in [2.75, 3.05) is 13.7 Å². The number of esters is 1. The molecule has 0 heterocycles. The molecular formula is C15H29NO2. The van der Waals surface area contributed by atoms with Crippen LogP contribution < -0.4 is 0 Å². The number of rotatable bonds is 6. The highest BCUT2D eigenvalue weighted by Gasteiger charge is 2.32. The van der Waals surface area contributed by atoms with Crippen molar-refractivity contribution in [2.45, 2.75) is 71.4 Å². The van der Waals surface area contributed by atoms with Crippen molar-refractivity contribution >= 4 is 5.97 Å². The van der Waals surface area contributed by atoms with Gasteiger partial charge in [-0.15, -0.1) is 0 Å². The zero-order valence-electron chi connectivity index (χ0n) is 12.4. The van der Waals surface area contributed by atoms with Crippen molar-refractivity contribution in [3.05, 3.63) is 0 Å². The summed E-state index contributed by atoms with van der Waals surface area (Å²) in [6.07, 6.45) is 7.06. The lowest BCUT2D eigenvalue weighted by Crippen LogP contribution is -2.49. The Kier molecular flexibility index (Phi) is 6.69. The van der Waals surface area contributed by atoms with E-state index in [-0.39, 0.29) is 12.0 Å². The van der Waals surface area contributed by atoms with Gasteiger partial charge in [0.05, 0.1) is 6.61 Å². The lowest BCUT2D eigenvalue weighted by molar-refractivity contribution is -0.151. The van der Waals surface area contributed by atoms with Gasteiger partial charge < -0.3 is 4.74 Å². The molecule has 0 spiro atoms. The minimum Gasteiger partial charge on any atom is -0.465 e. The summed E-state index contributed by atoms with van der Waals surface area (Å²) in [5.74, 6) is 0.650. The summed E-state index contributed by atoms with van der Waals surface area (Å²) in [5.41, 5.74) is 0. The Labute approximate surface area is 112 Å². The molecule has 1 aliphatic rings. The highest BCUT2D eigenvalue weighted by Crippen LogP contribution is 2.29. The van der Waals surface area contributed by atoms with E-state index < -0.39 is 0 Å². The SMILES string of the molecule is CCCC(C(=O)OCC)N(C)C1CCCCC1C. The number of ether oxygens (including phenoxy) is 1. The summed E-state index contributed by atoms with van der Waals surface area (Å²) < 4.78 is 5.22. The predicted molar refractivity (Wildman–Crippen MR) is 74.5 cm³/mol. The molecule has 0 amide bonds. The molecule has 3 unspecified atom stereocenters. The Morgan fingerprint density at radius 1 is 1.33 bits per heavy atom. The van der Waals surface area contributed by atoms with Gasteiger partial charge in [0.2, 0.25) is 0 Å². The molecular weight excluding hydrogens is 226 g/mol. The van der Waals surface area contributed by atoms with E-state index >= 15 is 0 Å². The van der Waals surface area contributed by atoms with Crippen LogP contribution in [0, 0.1) is 5.92 Å². The molecule has 0 radical (unpaired) electrons. The fourth-order valence-corrected chi connectivity index (χ4v) is 3.13. The molecule has 0 aromatic rings. The van der Waals surface area contributed by atoms with E-state index in [1.807, 2.05) is 6.92 Å². The molecule has 0 aromatic carbocycles. The third-order valence-electron chi connectivity index (χ3n) is 4.20. The van der Waals surface area contributed by atoms with Crippen LogP contribution >= 0.6 is 0 Å². The summed E-state index contributed by atoms with van der Waals surface area (Å²) in [6, 6.07) is 0.486. The van der Waals surface area contributed by atoms with Gasteiger partial charge in [0.15, 0.2) is 0 Å². The molecule has 106 valence electrons. The lowest BCUT2D eigenvalue weighted by Gasteiger charge is -2.39. The van der Waals surface area contributed by atoms with Gasteiger partial charge in [0, 0.05) is 6.04 Å². The molecule has 1 fully saturated rings. The van der Waals surface area contributed by atoms with E-state index in [1.54, 1.807) is 0 Å². The third-order valence-corrected chi connectivity index (χ3v) is 4.20. The third kappa shape index (κ3) is 3.98. The van der Waals surface area contributed by atoms with Crippen molar-refractivity contribution in [1.29, 1.82) is 0 Å².